The Hall–Kier alpha value is -1.10. The van der Waals surface area contributed by atoms with Gasteiger partial charge in [-0.25, -0.2) is 0 Å². The Morgan fingerprint density at radius 2 is 1.30 bits per heavy atom. The van der Waals surface area contributed by atoms with Crippen LogP contribution in [0, 0.1) is 11.8 Å². The number of hydrogen-bond donors (Lipinski definition) is 1. The maximum absolute atomic E-state index is 12.8. The van der Waals surface area contributed by atoms with Gasteiger partial charge in [-0.15, -0.1) is 0 Å². The fourth-order valence-electron chi connectivity index (χ4n) is 4.71. The number of rotatable bonds is 3. The summed E-state index contributed by atoms with van der Waals surface area (Å²) in [5, 5.41) is 9.39. The van der Waals surface area contributed by atoms with Crippen molar-refractivity contribution in [2.75, 3.05) is 26.2 Å². The van der Waals surface area contributed by atoms with E-state index in [1.807, 2.05) is 4.90 Å². The van der Waals surface area contributed by atoms with E-state index in [2.05, 4.69) is 4.90 Å². The quantitative estimate of drug-likeness (QED) is 0.866. The maximum atomic E-state index is 12.8. The first-order valence-corrected chi connectivity index (χ1v) is 9.42. The summed E-state index contributed by atoms with van der Waals surface area (Å²) in [7, 11) is 0. The molecule has 1 heterocycles. The third-order valence-electron chi connectivity index (χ3n) is 6.12. The topological polar surface area (TPSA) is 60.9 Å². The van der Waals surface area contributed by atoms with Gasteiger partial charge in [-0.2, -0.15) is 0 Å². The van der Waals surface area contributed by atoms with E-state index >= 15 is 0 Å². The molecule has 5 nitrogen and oxygen atoms in total. The first-order chi connectivity index (χ1) is 11.2. The molecule has 23 heavy (non-hydrogen) atoms. The molecule has 3 aliphatic rings. The molecule has 2 atom stereocenters. The highest BCUT2D eigenvalue weighted by atomic mass is 16.4. The number of carbonyl (C=O) groups is 2. The van der Waals surface area contributed by atoms with Crippen LogP contribution in [0.5, 0.6) is 0 Å². The second-order valence-electron chi connectivity index (χ2n) is 7.49. The van der Waals surface area contributed by atoms with Gasteiger partial charge in [0.25, 0.3) is 0 Å². The molecule has 0 aromatic heterocycles. The molecule has 1 saturated heterocycles. The minimum Gasteiger partial charge on any atom is -0.481 e. The highest BCUT2D eigenvalue weighted by Gasteiger charge is 2.38. The Bertz CT molecular complexity index is 426. The summed E-state index contributed by atoms with van der Waals surface area (Å²) in [6.45, 7) is 3.47. The molecule has 0 unspecified atom stereocenters. The van der Waals surface area contributed by atoms with E-state index in [0.29, 0.717) is 12.5 Å². The van der Waals surface area contributed by atoms with Gasteiger partial charge in [0, 0.05) is 32.2 Å². The average molecular weight is 322 g/mol. The van der Waals surface area contributed by atoms with Crippen LogP contribution in [0.2, 0.25) is 0 Å². The normalized spacial score (nSPS) is 31.0. The summed E-state index contributed by atoms with van der Waals surface area (Å²) in [5.41, 5.74) is 0. The minimum absolute atomic E-state index is 0.0976. The molecule has 130 valence electrons. The second kappa shape index (κ2) is 7.65. The van der Waals surface area contributed by atoms with Crippen LogP contribution < -0.4 is 0 Å². The first kappa shape index (κ1) is 16.7. The van der Waals surface area contributed by atoms with E-state index in [1.54, 1.807) is 0 Å². The van der Waals surface area contributed by atoms with E-state index in [1.165, 1.54) is 32.1 Å². The molecule has 0 radical (unpaired) electrons. The van der Waals surface area contributed by atoms with Crippen LogP contribution in [0.1, 0.15) is 57.8 Å². The molecule has 1 N–H and O–H groups in total. The molecule has 0 aromatic carbocycles. The number of amides is 1. The summed E-state index contributed by atoms with van der Waals surface area (Å²) < 4.78 is 0. The van der Waals surface area contributed by atoms with Gasteiger partial charge in [0.2, 0.25) is 5.91 Å². The lowest BCUT2D eigenvalue weighted by Crippen LogP contribution is -2.54. The van der Waals surface area contributed by atoms with Crippen LogP contribution in [0.15, 0.2) is 0 Å². The molecule has 2 aliphatic carbocycles. The number of carbonyl (C=O) groups excluding carboxylic acids is 1. The number of aliphatic carboxylic acids is 1. The zero-order valence-corrected chi connectivity index (χ0v) is 14.1. The predicted molar refractivity (Wildman–Crippen MR) is 88.1 cm³/mol. The van der Waals surface area contributed by atoms with E-state index in [4.69, 9.17) is 0 Å². The molecular weight excluding hydrogens is 292 g/mol. The SMILES string of the molecule is O=C(O)[C@@H]1CCCC[C@@H]1C(=O)N1CCN(C2CCCCC2)CC1. The minimum atomic E-state index is -0.788. The highest BCUT2D eigenvalue weighted by Crippen LogP contribution is 2.32. The molecule has 2 saturated carbocycles. The average Bonchev–Trinajstić information content (AvgIpc) is 2.62. The Labute approximate surface area is 139 Å². The number of piperazine rings is 1. The molecule has 1 amide bonds. The van der Waals surface area contributed by atoms with Crippen molar-refractivity contribution in [1.29, 1.82) is 0 Å². The van der Waals surface area contributed by atoms with Crippen molar-refractivity contribution in [2.24, 2.45) is 11.8 Å². The zero-order valence-electron chi connectivity index (χ0n) is 14.1. The predicted octanol–water partition coefficient (Wildman–Crippen LogP) is 2.35. The van der Waals surface area contributed by atoms with Gasteiger partial charge in [-0.1, -0.05) is 32.1 Å². The fraction of sp³-hybridized carbons (Fsp3) is 0.889. The fourth-order valence-corrected chi connectivity index (χ4v) is 4.71. The maximum Gasteiger partial charge on any atom is 0.307 e. The van der Waals surface area contributed by atoms with Crippen molar-refractivity contribution in [2.45, 2.75) is 63.8 Å². The zero-order chi connectivity index (χ0) is 16.2. The number of carboxylic acid groups (broad SMARTS) is 1. The van der Waals surface area contributed by atoms with Gasteiger partial charge in [-0.3, -0.25) is 14.5 Å². The van der Waals surface area contributed by atoms with E-state index in [9.17, 15) is 14.7 Å². The monoisotopic (exact) mass is 322 g/mol. The molecule has 5 heteroatoms. The van der Waals surface area contributed by atoms with Crippen LogP contribution in [0.3, 0.4) is 0 Å². The number of carboxylic acids is 1. The lowest BCUT2D eigenvalue weighted by Gasteiger charge is -2.42. The lowest BCUT2D eigenvalue weighted by atomic mass is 9.78. The Kier molecular flexibility index (Phi) is 5.57. The molecule has 1 aliphatic heterocycles. The molecule has 3 rings (SSSR count). The van der Waals surface area contributed by atoms with Crippen molar-refractivity contribution in [3.8, 4) is 0 Å². The van der Waals surface area contributed by atoms with E-state index in [-0.39, 0.29) is 11.8 Å². The van der Waals surface area contributed by atoms with E-state index in [0.717, 1.165) is 45.4 Å². The van der Waals surface area contributed by atoms with Gasteiger partial charge in [0.15, 0.2) is 0 Å². The van der Waals surface area contributed by atoms with Crippen molar-refractivity contribution in [3.05, 3.63) is 0 Å². The molecule has 0 aromatic rings. The van der Waals surface area contributed by atoms with Gasteiger partial charge < -0.3 is 10.0 Å². The van der Waals surface area contributed by atoms with Gasteiger partial charge >= 0.3 is 5.97 Å². The van der Waals surface area contributed by atoms with Crippen LogP contribution in [-0.4, -0.2) is 59.0 Å². The third-order valence-corrected chi connectivity index (χ3v) is 6.12. The Morgan fingerprint density at radius 1 is 0.739 bits per heavy atom. The highest BCUT2D eigenvalue weighted by molar-refractivity contribution is 5.85. The van der Waals surface area contributed by atoms with Crippen LogP contribution in [0.25, 0.3) is 0 Å². The van der Waals surface area contributed by atoms with E-state index < -0.39 is 11.9 Å². The largest absolute Gasteiger partial charge is 0.481 e. The van der Waals surface area contributed by atoms with Gasteiger partial charge in [0.1, 0.15) is 0 Å². The summed E-state index contributed by atoms with van der Waals surface area (Å²) >= 11 is 0. The molecule has 0 bridgehead atoms. The molecule has 3 fully saturated rings. The summed E-state index contributed by atoms with van der Waals surface area (Å²) in [5.74, 6) is -1.45. The van der Waals surface area contributed by atoms with Crippen molar-refractivity contribution in [3.63, 3.8) is 0 Å². The summed E-state index contributed by atoms with van der Waals surface area (Å²) in [4.78, 5) is 28.7. The van der Waals surface area contributed by atoms with Crippen molar-refractivity contribution >= 4 is 11.9 Å². The smallest absolute Gasteiger partial charge is 0.307 e. The first-order valence-electron chi connectivity index (χ1n) is 9.42. The third kappa shape index (κ3) is 3.87. The van der Waals surface area contributed by atoms with Crippen LogP contribution in [-0.2, 0) is 9.59 Å². The number of hydrogen-bond acceptors (Lipinski definition) is 3. The Balaban J connectivity index is 1.54. The standard InChI is InChI=1S/C18H30N2O3/c21-17(15-8-4-5-9-16(15)18(22)23)20-12-10-19(11-13-20)14-6-2-1-3-7-14/h14-16H,1-13H2,(H,22,23)/t15-,16+/m0/s1. The summed E-state index contributed by atoms with van der Waals surface area (Å²) in [6.07, 6.45) is 9.99. The van der Waals surface area contributed by atoms with Crippen LogP contribution >= 0.6 is 0 Å². The second-order valence-corrected chi connectivity index (χ2v) is 7.49. The van der Waals surface area contributed by atoms with Crippen LogP contribution in [0.4, 0.5) is 0 Å². The Morgan fingerprint density at radius 3 is 1.91 bits per heavy atom. The summed E-state index contributed by atoms with van der Waals surface area (Å²) in [6, 6.07) is 0.711. The molecular formula is C18H30N2O3. The van der Waals surface area contributed by atoms with Gasteiger partial charge in [-0.05, 0) is 25.7 Å². The van der Waals surface area contributed by atoms with Crippen molar-refractivity contribution in [1.82, 2.24) is 9.80 Å². The molecule has 0 spiro atoms. The lowest BCUT2D eigenvalue weighted by molar-refractivity contribution is -0.153. The number of nitrogens with zero attached hydrogens (tertiary/aromatic N) is 2. The van der Waals surface area contributed by atoms with Crippen molar-refractivity contribution < 1.29 is 14.7 Å². The van der Waals surface area contributed by atoms with Gasteiger partial charge in [0.05, 0.1) is 11.8 Å².